The summed E-state index contributed by atoms with van der Waals surface area (Å²) in [6.45, 7) is 4.20. The highest BCUT2D eigenvalue weighted by molar-refractivity contribution is 5.76. The minimum atomic E-state index is -0.875. The summed E-state index contributed by atoms with van der Waals surface area (Å²) in [6.07, 6.45) is 97.6. The molecule has 0 aliphatic rings. The molecule has 1 amide bonds. The molecule has 4 nitrogen and oxygen atoms in total. The minimum Gasteiger partial charge on any atom is -0.394 e. The third-order valence-electron chi connectivity index (χ3n) is 14.8. The number of amides is 1. The zero-order valence-corrected chi connectivity index (χ0v) is 50.1. The van der Waals surface area contributed by atoms with Crippen LogP contribution in [0.25, 0.3) is 0 Å². The summed E-state index contributed by atoms with van der Waals surface area (Å²) >= 11 is 0. The molecule has 434 valence electrons. The Labute approximate surface area is 468 Å². The highest BCUT2D eigenvalue weighted by atomic mass is 16.3. The van der Waals surface area contributed by atoms with E-state index in [0.717, 1.165) is 70.6 Å². The van der Waals surface area contributed by atoms with E-state index in [1.807, 2.05) is 6.08 Å². The Morgan fingerprint density at radius 3 is 0.933 bits per heavy atom. The summed E-state index contributed by atoms with van der Waals surface area (Å²) in [7, 11) is 0. The van der Waals surface area contributed by atoms with E-state index in [1.165, 1.54) is 238 Å². The predicted octanol–water partition coefficient (Wildman–Crippen LogP) is 22.4. The van der Waals surface area contributed by atoms with Crippen LogP contribution < -0.4 is 5.32 Å². The van der Waals surface area contributed by atoms with Gasteiger partial charge in [0.05, 0.1) is 18.8 Å². The second-order valence-corrected chi connectivity index (χ2v) is 22.1. The Kier molecular flexibility index (Phi) is 63.2. The van der Waals surface area contributed by atoms with E-state index in [-0.39, 0.29) is 12.5 Å². The molecule has 0 radical (unpaired) electrons. The van der Waals surface area contributed by atoms with Gasteiger partial charge in [0, 0.05) is 6.42 Å². The van der Waals surface area contributed by atoms with Gasteiger partial charge in [-0.05, 0) is 89.9 Å². The van der Waals surface area contributed by atoms with Crippen molar-refractivity contribution in [2.75, 3.05) is 6.61 Å². The van der Waals surface area contributed by atoms with Crippen LogP contribution in [0.5, 0.6) is 0 Å². The second-order valence-electron chi connectivity index (χ2n) is 22.1. The van der Waals surface area contributed by atoms with E-state index in [0.29, 0.717) is 6.42 Å². The van der Waals surface area contributed by atoms with Gasteiger partial charge in [0.25, 0.3) is 0 Å². The Balaban J connectivity index is 3.50. The van der Waals surface area contributed by atoms with Gasteiger partial charge >= 0.3 is 0 Å². The number of hydrogen-bond donors (Lipinski definition) is 3. The molecule has 0 rings (SSSR count). The van der Waals surface area contributed by atoms with Crippen molar-refractivity contribution >= 4 is 5.91 Å². The largest absolute Gasteiger partial charge is 0.394 e. The lowest BCUT2D eigenvalue weighted by molar-refractivity contribution is -0.123. The molecule has 75 heavy (non-hydrogen) atoms. The summed E-state index contributed by atoms with van der Waals surface area (Å²) in [5.74, 6) is -0.0750. The van der Waals surface area contributed by atoms with Crippen molar-refractivity contribution in [3.8, 4) is 0 Å². The molecule has 0 aliphatic carbocycles. The molecule has 0 aromatic carbocycles. The van der Waals surface area contributed by atoms with Crippen LogP contribution in [-0.2, 0) is 4.79 Å². The number of hydrogen-bond acceptors (Lipinski definition) is 3. The average molecular weight is 1040 g/mol. The van der Waals surface area contributed by atoms with E-state index in [9.17, 15) is 15.0 Å². The van der Waals surface area contributed by atoms with Crippen LogP contribution in [0.4, 0.5) is 0 Å². The smallest absolute Gasteiger partial charge is 0.220 e. The zero-order chi connectivity index (χ0) is 54.1. The summed E-state index contributed by atoms with van der Waals surface area (Å²) in [6, 6.07) is -0.650. The molecule has 2 atom stereocenters. The average Bonchev–Trinajstić information content (AvgIpc) is 3.41. The summed E-state index contributed by atoms with van der Waals surface area (Å²) in [5, 5.41) is 23.2. The fourth-order valence-electron chi connectivity index (χ4n) is 9.83. The van der Waals surface area contributed by atoms with E-state index in [4.69, 9.17) is 0 Å². The predicted molar refractivity (Wildman–Crippen MR) is 336 cm³/mol. The van der Waals surface area contributed by atoms with Gasteiger partial charge in [0.2, 0.25) is 5.91 Å². The Bertz CT molecular complexity index is 1370. The molecule has 0 saturated carbocycles. The van der Waals surface area contributed by atoms with Crippen molar-refractivity contribution in [2.24, 2.45) is 0 Å². The molecule has 0 bridgehead atoms. The second kappa shape index (κ2) is 65.6. The van der Waals surface area contributed by atoms with E-state index >= 15 is 0 Å². The van der Waals surface area contributed by atoms with Crippen molar-refractivity contribution in [1.29, 1.82) is 0 Å². The molecular formula is C71H127NO3. The number of carbonyl (C=O) groups is 1. The van der Waals surface area contributed by atoms with Gasteiger partial charge in [0.15, 0.2) is 0 Å². The number of nitrogens with one attached hydrogen (secondary N) is 1. The fraction of sp³-hybridized carbons (Fsp3) is 0.761. The van der Waals surface area contributed by atoms with Crippen molar-refractivity contribution in [2.45, 2.75) is 341 Å². The number of aliphatic hydroxyl groups is 2. The maximum atomic E-state index is 12.5. The normalized spacial score (nSPS) is 13.4. The van der Waals surface area contributed by atoms with Gasteiger partial charge in [-0.25, -0.2) is 0 Å². The quantitative estimate of drug-likeness (QED) is 0.0420. The number of allylic oxidation sites excluding steroid dienone is 15. The fourth-order valence-corrected chi connectivity index (χ4v) is 9.83. The monoisotopic (exact) mass is 1040 g/mol. The standard InChI is InChI=1S/C71H127NO3/c1-3-5-7-9-11-13-15-17-19-21-23-25-27-29-31-32-33-34-35-36-37-38-39-40-41-43-45-47-49-51-53-55-57-59-61-63-65-67-71(75)72-69(68-73)70(74)66-64-62-60-58-56-54-52-50-48-46-44-42-30-28-26-24-22-20-18-16-14-12-10-8-6-4-2/h5,7,11,13,17,19,23,25,29,31,48,50,56,58,64,66,69-70,73-74H,3-4,6,8-10,12,14-16,18,20-22,24,26-28,30,32-47,49,51-55,57,59-63,65,67-68H2,1-2H3,(H,72,75)/b7-5-,13-11-,19-17-,25-23-,31-29-,50-48+,58-56+,66-64+. The van der Waals surface area contributed by atoms with Gasteiger partial charge in [-0.1, -0.05) is 329 Å². The lowest BCUT2D eigenvalue weighted by Crippen LogP contribution is -2.45. The zero-order valence-electron chi connectivity index (χ0n) is 50.1. The molecule has 0 aromatic rings. The Morgan fingerprint density at radius 1 is 0.333 bits per heavy atom. The van der Waals surface area contributed by atoms with E-state index < -0.39 is 12.1 Å². The van der Waals surface area contributed by atoms with Crippen molar-refractivity contribution in [1.82, 2.24) is 5.32 Å². The number of unbranched alkanes of at least 4 members (excludes halogenated alkanes) is 39. The molecule has 0 aromatic heterocycles. The van der Waals surface area contributed by atoms with Crippen molar-refractivity contribution in [3.63, 3.8) is 0 Å². The van der Waals surface area contributed by atoms with Crippen LogP contribution in [0.2, 0.25) is 0 Å². The van der Waals surface area contributed by atoms with Crippen LogP contribution in [0, 0.1) is 0 Å². The number of aliphatic hydroxyl groups excluding tert-OH is 2. The highest BCUT2D eigenvalue weighted by Gasteiger charge is 2.18. The Hall–Kier alpha value is -2.69. The van der Waals surface area contributed by atoms with Crippen LogP contribution in [0.3, 0.4) is 0 Å². The molecule has 2 unspecified atom stereocenters. The van der Waals surface area contributed by atoms with Gasteiger partial charge in [-0.2, -0.15) is 0 Å². The minimum absolute atomic E-state index is 0.0750. The highest BCUT2D eigenvalue weighted by Crippen LogP contribution is 2.17. The van der Waals surface area contributed by atoms with Crippen LogP contribution in [-0.4, -0.2) is 34.9 Å². The topological polar surface area (TPSA) is 69.6 Å². The SMILES string of the molecule is CC/C=C\C/C=C\C/C=C\C/C=C\C/C=C\CCCCCCCCCCCCCCCCCCCCCCCC(=O)NC(CO)C(O)/C=C/CC/C=C/CC/C=C/CCCCCCCCCCCCCCCCCC. The van der Waals surface area contributed by atoms with E-state index in [2.05, 4.69) is 104 Å². The number of carbonyl (C=O) groups excluding carboxylic acids is 1. The first-order valence-electron chi connectivity index (χ1n) is 33.0. The molecule has 0 aliphatic heterocycles. The van der Waals surface area contributed by atoms with Crippen LogP contribution in [0.15, 0.2) is 97.2 Å². The summed E-state index contributed by atoms with van der Waals surface area (Å²) in [5.41, 5.74) is 0. The van der Waals surface area contributed by atoms with Crippen molar-refractivity contribution in [3.05, 3.63) is 97.2 Å². The lowest BCUT2D eigenvalue weighted by atomic mass is 10.0. The lowest BCUT2D eigenvalue weighted by Gasteiger charge is -2.19. The van der Waals surface area contributed by atoms with E-state index in [1.54, 1.807) is 6.08 Å². The van der Waals surface area contributed by atoms with Gasteiger partial charge < -0.3 is 15.5 Å². The van der Waals surface area contributed by atoms with Gasteiger partial charge in [-0.3, -0.25) is 4.79 Å². The van der Waals surface area contributed by atoms with Crippen molar-refractivity contribution < 1.29 is 15.0 Å². The summed E-state index contributed by atoms with van der Waals surface area (Å²) in [4.78, 5) is 12.5. The molecule has 0 saturated heterocycles. The maximum absolute atomic E-state index is 12.5. The molecule has 0 fully saturated rings. The first-order valence-corrected chi connectivity index (χ1v) is 33.0. The van der Waals surface area contributed by atoms with Crippen LogP contribution >= 0.6 is 0 Å². The third-order valence-corrected chi connectivity index (χ3v) is 14.8. The van der Waals surface area contributed by atoms with Gasteiger partial charge in [0.1, 0.15) is 0 Å². The van der Waals surface area contributed by atoms with Crippen LogP contribution in [0.1, 0.15) is 328 Å². The third kappa shape index (κ3) is 62.0. The van der Waals surface area contributed by atoms with Gasteiger partial charge in [-0.15, -0.1) is 0 Å². The summed E-state index contributed by atoms with van der Waals surface area (Å²) < 4.78 is 0. The Morgan fingerprint density at radius 2 is 0.600 bits per heavy atom. The molecule has 3 N–H and O–H groups in total. The maximum Gasteiger partial charge on any atom is 0.220 e. The number of rotatable bonds is 60. The molecule has 0 heterocycles. The molecular weight excluding hydrogens is 915 g/mol. The molecule has 4 heteroatoms. The first kappa shape index (κ1) is 72.3. The first-order chi connectivity index (χ1) is 37.2. The molecule has 0 spiro atoms.